The number of carbonyl (C=O) groups is 1. The van der Waals surface area contributed by atoms with Crippen molar-refractivity contribution in [3.05, 3.63) is 23.8 Å². The Morgan fingerprint density at radius 1 is 1.55 bits per heavy atom. The largest absolute Gasteiger partial charge is 0.399 e. The van der Waals surface area contributed by atoms with Gasteiger partial charge in [0.15, 0.2) is 0 Å². The number of aryl methyl sites for hydroxylation is 1. The van der Waals surface area contributed by atoms with Crippen LogP contribution in [0.3, 0.4) is 0 Å². The van der Waals surface area contributed by atoms with E-state index in [9.17, 15) is 4.79 Å². The molecule has 1 fully saturated rings. The van der Waals surface area contributed by atoms with Gasteiger partial charge in [-0.2, -0.15) is 0 Å². The number of anilines is 2. The van der Waals surface area contributed by atoms with Crippen molar-refractivity contribution in [2.75, 3.05) is 30.3 Å². The summed E-state index contributed by atoms with van der Waals surface area (Å²) in [6.45, 7) is 3.20. The molecule has 0 bridgehead atoms. The molecule has 1 aromatic carbocycles. The maximum absolute atomic E-state index is 11.8. The Morgan fingerprint density at radius 2 is 2.30 bits per heavy atom. The van der Waals surface area contributed by atoms with Crippen LogP contribution in [0, 0.1) is 6.92 Å². The zero-order valence-corrected chi connectivity index (χ0v) is 11.7. The Balaban J connectivity index is 2.22. The minimum Gasteiger partial charge on any atom is -0.399 e. The Bertz CT molecular complexity index is 492. The first kappa shape index (κ1) is 14.6. The molecule has 6 nitrogen and oxygen atoms in total. The monoisotopic (exact) mass is 278 g/mol. The fraction of sp³-hybridized carbons (Fsp3) is 0.500. The minimum absolute atomic E-state index is 0.0301. The van der Waals surface area contributed by atoms with Crippen LogP contribution in [0.25, 0.3) is 0 Å². The number of carbonyl (C=O) groups excluding carboxylic acids is 1. The molecule has 1 saturated heterocycles. The van der Waals surface area contributed by atoms with E-state index in [0.29, 0.717) is 6.54 Å². The summed E-state index contributed by atoms with van der Waals surface area (Å²) in [4.78, 5) is 13.8. The predicted molar refractivity (Wildman–Crippen MR) is 79.4 cm³/mol. The van der Waals surface area contributed by atoms with Crippen molar-refractivity contribution in [3.8, 4) is 0 Å². The van der Waals surface area contributed by atoms with Crippen LogP contribution in [0.5, 0.6) is 0 Å². The number of aliphatic hydroxyl groups is 1. The molecule has 2 unspecified atom stereocenters. The molecule has 1 amide bonds. The number of nitrogens with one attached hydrogen (secondary N) is 1. The van der Waals surface area contributed by atoms with Crippen LogP contribution < -0.4 is 21.7 Å². The highest BCUT2D eigenvalue weighted by Crippen LogP contribution is 2.28. The highest BCUT2D eigenvalue weighted by Gasteiger charge is 2.37. The molecule has 1 aliphatic heterocycles. The van der Waals surface area contributed by atoms with E-state index in [0.717, 1.165) is 29.9 Å². The van der Waals surface area contributed by atoms with Gasteiger partial charge >= 0.3 is 0 Å². The van der Waals surface area contributed by atoms with E-state index in [-0.39, 0.29) is 18.6 Å². The van der Waals surface area contributed by atoms with Gasteiger partial charge in [-0.25, -0.2) is 0 Å². The van der Waals surface area contributed by atoms with Crippen LogP contribution in [-0.2, 0) is 4.79 Å². The lowest BCUT2D eigenvalue weighted by Crippen LogP contribution is -2.51. The lowest BCUT2D eigenvalue weighted by molar-refractivity contribution is -0.119. The van der Waals surface area contributed by atoms with Gasteiger partial charge in [-0.05, 0) is 37.1 Å². The van der Waals surface area contributed by atoms with E-state index in [1.165, 1.54) is 0 Å². The number of nitrogens with two attached hydrogens (primary N) is 2. The van der Waals surface area contributed by atoms with Crippen molar-refractivity contribution in [2.24, 2.45) is 5.73 Å². The molecule has 0 aromatic heterocycles. The number of nitrogens with zero attached hydrogens (tertiary/aromatic N) is 1. The molecule has 1 aromatic rings. The number of amides is 1. The first-order valence-corrected chi connectivity index (χ1v) is 6.81. The van der Waals surface area contributed by atoms with Crippen molar-refractivity contribution < 1.29 is 9.90 Å². The zero-order valence-electron chi connectivity index (χ0n) is 11.7. The fourth-order valence-corrected chi connectivity index (χ4v) is 2.74. The summed E-state index contributed by atoms with van der Waals surface area (Å²) in [5, 5.41) is 12.1. The fourth-order valence-electron chi connectivity index (χ4n) is 2.74. The first-order chi connectivity index (χ1) is 9.54. The normalized spacial score (nSPS) is 22.2. The standard InChI is InChI=1S/C14H22N4O2/c1-9-8-10(2-3-11(9)15)18-6-4-12(17-5-7-19)13(18)14(16)20/h2-3,8,12-13,17,19H,4-7,15H2,1H3,(H2,16,20). The Labute approximate surface area is 118 Å². The van der Waals surface area contributed by atoms with Crippen molar-refractivity contribution in [3.63, 3.8) is 0 Å². The summed E-state index contributed by atoms with van der Waals surface area (Å²) in [7, 11) is 0. The van der Waals surface area contributed by atoms with Gasteiger partial charge in [0.1, 0.15) is 6.04 Å². The summed E-state index contributed by atoms with van der Waals surface area (Å²) < 4.78 is 0. The number of benzene rings is 1. The number of rotatable bonds is 5. The highest BCUT2D eigenvalue weighted by molar-refractivity contribution is 5.85. The average Bonchev–Trinajstić information content (AvgIpc) is 2.83. The lowest BCUT2D eigenvalue weighted by atomic mass is 10.1. The number of aliphatic hydroxyl groups excluding tert-OH is 1. The second kappa shape index (κ2) is 6.11. The topological polar surface area (TPSA) is 105 Å². The van der Waals surface area contributed by atoms with Crippen LogP contribution in [0.4, 0.5) is 11.4 Å². The Hall–Kier alpha value is -1.79. The quantitative estimate of drug-likeness (QED) is 0.548. The molecular weight excluding hydrogens is 256 g/mol. The number of hydrogen-bond donors (Lipinski definition) is 4. The van der Waals surface area contributed by atoms with Crippen molar-refractivity contribution >= 4 is 17.3 Å². The van der Waals surface area contributed by atoms with E-state index in [1.54, 1.807) is 0 Å². The van der Waals surface area contributed by atoms with E-state index < -0.39 is 6.04 Å². The minimum atomic E-state index is -0.399. The second-order valence-electron chi connectivity index (χ2n) is 5.15. The summed E-state index contributed by atoms with van der Waals surface area (Å²) in [5.74, 6) is -0.354. The number of primary amides is 1. The van der Waals surface area contributed by atoms with Crippen molar-refractivity contribution in [1.29, 1.82) is 0 Å². The van der Waals surface area contributed by atoms with Crippen LogP contribution in [0.2, 0.25) is 0 Å². The molecule has 0 aliphatic carbocycles. The van der Waals surface area contributed by atoms with Gasteiger partial charge in [0.2, 0.25) is 5.91 Å². The summed E-state index contributed by atoms with van der Waals surface area (Å²) in [5.41, 5.74) is 14.0. The third-order valence-corrected chi connectivity index (χ3v) is 3.79. The summed E-state index contributed by atoms with van der Waals surface area (Å²) >= 11 is 0. The highest BCUT2D eigenvalue weighted by atomic mass is 16.3. The molecule has 2 atom stereocenters. The SMILES string of the molecule is Cc1cc(N2CCC(NCCO)C2C(N)=O)ccc1N. The van der Waals surface area contributed by atoms with Crippen LogP contribution in [-0.4, -0.2) is 42.8 Å². The summed E-state index contributed by atoms with van der Waals surface area (Å²) in [6, 6.07) is 5.30. The van der Waals surface area contributed by atoms with Gasteiger partial charge in [-0.3, -0.25) is 4.79 Å². The van der Waals surface area contributed by atoms with E-state index in [2.05, 4.69) is 5.32 Å². The van der Waals surface area contributed by atoms with Gasteiger partial charge in [0.05, 0.1) is 6.61 Å². The van der Waals surface area contributed by atoms with Crippen molar-refractivity contribution in [1.82, 2.24) is 5.32 Å². The van der Waals surface area contributed by atoms with Gasteiger partial charge < -0.3 is 26.8 Å². The molecule has 2 rings (SSSR count). The lowest BCUT2D eigenvalue weighted by Gasteiger charge is -2.28. The summed E-state index contributed by atoms with van der Waals surface area (Å²) in [6.07, 6.45) is 0.816. The molecule has 0 saturated carbocycles. The third kappa shape index (κ3) is 2.86. The van der Waals surface area contributed by atoms with Gasteiger partial charge in [-0.1, -0.05) is 0 Å². The first-order valence-electron chi connectivity index (χ1n) is 6.81. The Morgan fingerprint density at radius 3 is 2.90 bits per heavy atom. The van der Waals surface area contributed by atoms with Crippen LogP contribution in [0.1, 0.15) is 12.0 Å². The average molecular weight is 278 g/mol. The molecule has 0 spiro atoms. The zero-order chi connectivity index (χ0) is 14.7. The molecule has 6 N–H and O–H groups in total. The molecule has 6 heteroatoms. The third-order valence-electron chi connectivity index (χ3n) is 3.79. The molecule has 1 aliphatic rings. The predicted octanol–water partition coefficient (Wildman–Crippen LogP) is -0.408. The van der Waals surface area contributed by atoms with Crippen molar-refractivity contribution in [2.45, 2.75) is 25.4 Å². The van der Waals surface area contributed by atoms with E-state index in [4.69, 9.17) is 16.6 Å². The maximum Gasteiger partial charge on any atom is 0.241 e. The van der Waals surface area contributed by atoms with E-state index in [1.807, 2.05) is 30.0 Å². The molecular formula is C14H22N4O2. The molecule has 20 heavy (non-hydrogen) atoms. The number of hydrogen-bond acceptors (Lipinski definition) is 5. The molecule has 1 heterocycles. The van der Waals surface area contributed by atoms with Crippen LogP contribution in [0.15, 0.2) is 18.2 Å². The smallest absolute Gasteiger partial charge is 0.241 e. The van der Waals surface area contributed by atoms with Gasteiger partial charge in [-0.15, -0.1) is 0 Å². The maximum atomic E-state index is 11.8. The number of nitrogen functional groups attached to an aromatic ring is 1. The second-order valence-corrected chi connectivity index (χ2v) is 5.15. The molecule has 0 radical (unpaired) electrons. The van der Waals surface area contributed by atoms with Crippen LogP contribution >= 0.6 is 0 Å². The van der Waals surface area contributed by atoms with Gasteiger partial charge in [0, 0.05) is 30.5 Å². The Kier molecular flexibility index (Phi) is 4.46. The molecule has 110 valence electrons. The van der Waals surface area contributed by atoms with Gasteiger partial charge in [0.25, 0.3) is 0 Å². The van der Waals surface area contributed by atoms with E-state index >= 15 is 0 Å².